The molecule has 0 radical (unpaired) electrons. The molecule has 0 aromatic carbocycles. The molecule has 0 spiro atoms. The summed E-state index contributed by atoms with van der Waals surface area (Å²) in [6.45, 7) is 0. The molecule has 0 bridgehead atoms. The van der Waals surface area contributed by atoms with Crippen LogP contribution in [0.4, 0.5) is 0 Å². The first-order valence-electron chi connectivity index (χ1n) is 3.21. The Morgan fingerprint density at radius 1 is 1.23 bits per heavy atom. The van der Waals surface area contributed by atoms with Gasteiger partial charge in [0.05, 0.1) is 0 Å². The van der Waals surface area contributed by atoms with E-state index in [1.807, 2.05) is 30.5 Å². The number of hydrogen-bond acceptors (Lipinski definition) is 0. The van der Waals surface area contributed by atoms with E-state index in [-0.39, 0.29) is 51.0 Å². The molecule has 13 heavy (non-hydrogen) atoms. The van der Waals surface area contributed by atoms with E-state index >= 15 is 0 Å². The molecule has 68 valence electrons. The van der Waals surface area contributed by atoms with Gasteiger partial charge in [-0.3, -0.25) is 6.08 Å². The Kier molecular flexibility index (Phi) is 21.4. The predicted molar refractivity (Wildman–Crippen MR) is 41.2 cm³/mol. The number of rotatable bonds is 0. The molecule has 0 fully saturated rings. The smallest absolute Gasteiger partial charge is 1.00 e. The minimum Gasteiger partial charge on any atom is -1.00 e. The zero-order valence-corrected chi connectivity index (χ0v) is 10.9. The first-order chi connectivity index (χ1) is 5.00. The van der Waals surface area contributed by atoms with Gasteiger partial charge in [0.2, 0.25) is 0 Å². The van der Waals surface area contributed by atoms with E-state index in [0.717, 1.165) is 6.42 Å². The van der Waals surface area contributed by atoms with Crippen LogP contribution >= 0.6 is 0 Å². The van der Waals surface area contributed by atoms with Crippen molar-refractivity contribution in [2.45, 2.75) is 6.42 Å². The van der Waals surface area contributed by atoms with E-state index in [2.05, 4.69) is 23.3 Å². The van der Waals surface area contributed by atoms with Crippen LogP contribution in [-0.4, -0.2) is 4.98 Å². The molecule has 0 saturated heterocycles. The largest absolute Gasteiger partial charge is 4.00 e. The van der Waals surface area contributed by atoms with Crippen molar-refractivity contribution < 1.29 is 51.0 Å². The van der Waals surface area contributed by atoms with Crippen molar-refractivity contribution >= 4 is 0 Å². The Morgan fingerprint density at radius 3 is 2.15 bits per heavy atom. The topological polar surface area (TPSA) is 15.8 Å². The van der Waals surface area contributed by atoms with Gasteiger partial charge in [0.15, 0.2) is 0 Å². The first kappa shape index (κ1) is 18.9. The van der Waals surface area contributed by atoms with Crippen molar-refractivity contribution in [1.82, 2.24) is 4.98 Å². The molecule has 1 aliphatic rings. The zero-order valence-electron chi connectivity index (χ0n) is 6.93. The van der Waals surface area contributed by atoms with Crippen LogP contribution in [0.2, 0.25) is 0 Å². The minimum atomic E-state index is 0. The van der Waals surface area contributed by atoms with E-state index in [4.69, 9.17) is 0 Å². The van der Waals surface area contributed by atoms with Crippen LogP contribution in [0, 0.1) is 12.3 Å². The fourth-order valence-electron chi connectivity index (χ4n) is 0.581. The monoisotopic (exact) mass is 291 g/mol. The van der Waals surface area contributed by atoms with Crippen LogP contribution in [-0.2, 0) is 26.2 Å². The van der Waals surface area contributed by atoms with E-state index in [0.29, 0.717) is 0 Å². The number of H-pyrrole nitrogens is 1. The molecule has 0 unspecified atom stereocenters. The van der Waals surface area contributed by atoms with Crippen LogP contribution in [0.25, 0.3) is 0 Å². The van der Waals surface area contributed by atoms with Gasteiger partial charge >= 0.3 is 26.2 Å². The summed E-state index contributed by atoms with van der Waals surface area (Å²) in [6, 6.07) is 3.71. The molecule has 1 aromatic heterocycles. The molecule has 4 heteroatoms. The zero-order chi connectivity index (χ0) is 7.07. The second-order valence-electron chi connectivity index (χ2n) is 1.82. The summed E-state index contributed by atoms with van der Waals surface area (Å²) in [7, 11) is 0. The standard InChI is InChI=1S/C5H5.C4H4N.2ClH.Zr/c2*1-2-4-5-3-1;;;/h1-3H,4H2;1-3,5H;2*1H;/q2*-1;;;+4/p-2. The third-order valence-corrected chi connectivity index (χ3v) is 1.03. The Morgan fingerprint density at radius 2 is 2.00 bits per heavy atom. The molecule has 0 aliphatic heterocycles. The van der Waals surface area contributed by atoms with Gasteiger partial charge in [-0.05, 0) is 0 Å². The third-order valence-electron chi connectivity index (χ3n) is 1.03. The van der Waals surface area contributed by atoms with Crippen molar-refractivity contribution in [3.05, 3.63) is 48.8 Å². The first-order valence-corrected chi connectivity index (χ1v) is 3.21. The van der Waals surface area contributed by atoms with E-state index in [9.17, 15) is 0 Å². The Bertz CT molecular complexity index is 180. The summed E-state index contributed by atoms with van der Waals surface area (Å²) in [5.41, 5.74) is 0. The van der Waals surface area contributed by atoms with Gasteiger partial charge in [0.1, 0.15) is 0 Å². The van der Waals surface area contributed by atoms with Crippen LogP contribution in [0.3, 0.4) is 0 Å². The normalized spacial score (nSPS) is 9.85. The number of hydrogen-bond donors (Lipinski definition) is 1. The molecule has 1 nitrogen and oxygen atoms in total. The summed E-state index contributed by atoms with van der Waals surface area (Å²) in [4.78, 5) is 2.74. The van der Waals surface area contributed by atoms with E-state index < -0.39 is 0 Å². The number of aromatic nitrogens is 1. The van der Waals surface area contributed by atoms with Crippen molar-refractivity contribution in [1.29, 1.82) is 0 Å². The van der Waals surface area contributed by atoms with Crippen molar-refractivity contribution in [2.75, 3.05) is 0 Å². The molecule has 1 N–H and O–H groups in total. The van der Waals surface area contributed by atoms with E-state index in [1.165, 1.54) is 0 Å². The van der Waals surface area contributed by atoms with Crippen LogP contribution in [0.1, 0.15) is 6.42 Å². The molecule has 1 heterocycles. The van der Waals surface area contributed by atoms with Gasteiger partial charge in [-0.15, -0.1) is 12.6 Å². The Hall–Kier alpha value is 0.223. The molecule has 1 aliphatic carbocycles. The second kappa shape index (κ2) is 14.7. The van der Waals surface area contributed by atoms with Gasteiger partial charge < -0.3 is 29.8 Å². The quantitative estimate of drug-likeness (QED) is 0.471. The van der Waals surface area contributed by atoms with Crippen molar-refractivity contribution in [3.63, 3.8) is 0 Å². The van der Waals surface area contributed by atoms with Crippen LogP contribution < -0.4 is 24.8 Å². The maximum atomic E-state index is 2.99. The predicted octanol–water partition coefficient (Wildman–Crippen LogP) is -3.87. The average Bonchev–Trinajstić information content (AvgIpc) is 2.67. The average molecular weight is 293 g/mol. The van der Waals surface area contributed by atoms with Gasteiger partial charge in [0.25, 0.3) is 0 Å². The Balaban J connectivity index is -0.000000125. The van der Waals surface area contributed by atoms with E-state index in [1.54, 1.807) is 0 Å². The molecule has 1 aromatic rings. The fourth-order valence-corrected chi connectivity index (χ4v) is 0.581. The third kappa shape index (κ3) is 12.2. The summed E-state index contributed by atoms with van der Waals surface area (Å²) < 4.78 is 0. The van der Waals surface area contributed by atoms with Crippen molar-refractivity contribution in [3.8, 4) is 0 Å². The number of halogens is 2. The Labute approximate surface area is 111 Å². The summed E-state index contributed by atoms with van der Waals surface area (Å²) in [5, 5.41) is 0. The maximum Gasteiger partial charge on any atom is 4.00 e. The van der Waals surface area contributed by atoms with Crippen LogP contribution in [0.5, 0.6) is 0 Å². The number of allylic oxidation sites excluding steroid dienone is 4. The fraction of sp³-hybridized carbons (Fsp3) is 0.111. The summed E-state index contributed by atoms with van der Waals surface area (Å²) in [6.07, 6.45) is 14.6. The van der Waals surface area contributed by atoms with Crippen LogP contribution in [0.15, 0.2) is 36.6 Å². The van der Waals surface area contributed by atoms with Gasteiger partial charge in [-0.2, -0.15) is 24.4 Å². The summed E-state index contributed by atoms with van der Waals surface area (Å²) in [5.74, 6) is 0. The molecule has 0 atom stereocenters. The molecular formula is C9H9Cl2NZr. The SMILES string of the molecule is [C-]1=CC=CC1.[Cl-].[Cl-].[Zr+4].[c-]1ccc[nH]1. The molecular weight excluding hydrogens is 284 g/mol. The van der Waals surface area contributed by atoms with Gasteiger partial charge in [0, 0.05) is 0 Å². The van der Waals surface area contributed by atoms with Gasteiger partial charge in [-0.25, -0.2) is 12.2 Å². The van der Waals surface area contributed by atoms with Gasteiger partial charge in [-0.1, -0.05) is 0 Å². The maximum absolute atomic E-state index is 2.99. The summed E-state index contributed by atoms with van der Waals surface area (Å²) >= 11 is 0. The molecule has 2 rings (SSSR count). The molecule has 0 saturated carbocycles. The molecule has 0 amide bonds. The number of aromatic amines is 1. The minimum absolute atomic E-state index is 0. The second-order valence-corrected chi connectivity index (χ2v) is 1.82. The van der Waals surface area contributed by atoms with Crippen molar-refractivity contribution in [2.24, 2.45) is 0 Å². The number of nitrogens with one attached hydrogen (secondary N) is 1.